The van der Waals surface area contributed by atoms with E-state index >= 15 is 0 Å². The fraction of sp³-hybridized carbons (Fsp3) is 0.500. The van der Waals surface area contributed by atoms with Crippen molar-refractivity contribution in [1.82, 2.24) is 10.6 Å². The molecule has 4 nitrogen and oxygen atoms in total. The zero-order valence-electron chi connectivity index (χ0n) is 10.9. The maximum Gasteiger partial charge on any atom is 0.255 e. The number of aryl methyl sites for hydroxylation is 1. The summed E-state index contributed by atoms with van der Waals surface area (Å²) in [4.78, 5) is 12.1. The van der Waals surface area contributed by atoms with Gasteiger partial charge in [-0.05, 0) is 43.5 Å². The fourth-order valence-electron chi connectivity index (χ4n) is 2.36. The highest BCUT2D eigenvalue weighted by Gasteiger charge is 2.21. The number of nitrogens with one attached hydrogen (secondary N) is 2. The van der Waals surface area contributed by atoms with Crippen LogP contribution in [-0.2, 0) is 0 Å². The van der Waals surface area contributed by atoms with Crippen molar-refractivity contribution in [2.24, 2.45) is 5.92 Å². The number of phenols is 1. The third-order valence-corrected chi connectivity index (χ3v) is 3.30. The van der Waals surface area contributed by atoms with Crippen molar-refractivity contribution < 1.29 is 9.90 Å². The summed E-state index contributed by atoms with van der Waals surface area (Å²) < 4.78 is 0. The van der Waals surface area contributed by atoms with Crippen LogP contribution in [0.2, 0.25) is 0 Å². The van der Waals surface area contributed by atoms with Gasteiger partial charge < -0.3 is 15.7 Å². The number of carbonyl (C=O) groups excluding carboxylic acids is 1. The Labute approximate surface area is 107 Å². The standard InChI is InChI=1S/C14H20N2O2/c1-9-3-4-12(13(17)6-9)14(18)16-11-5-10(2)7-15-8-11/h3-4,6,10-11,15,17H,5,7-8H2,1-2H3,(H,16,18). The maximum absolute atomic E-state index is 12.1. The van der Waals surface area contributed by atoms with Crippen LogP contribution in [0.25, 0.3) is 0 Å². The van der Waals surface area contributed by atoms with E-state index in [0.29, 0.717) is 11.5 Å². The van der Waals surface area contributed by atoms with Gasteiger partial charge >= 0.3 is 0 Å². The summed E-state index contributed by atoms with van der Waals surface area (Å²) in [5, 5.41) is 16.0. The Balaban J connectivity index is 2.03. The second-order valence-corrected chi connectivity index (χ2v) is 5.19. The molecule has 4 heteroatoms. The molecular formula is C14H20N2O2. The zero-order chi connectivity index (χ0) is 13.1. The van der Waals surface area contributed by atoms with Gasteiger partial charge in [0.1, 0.15) is 5.75 Å². The molecule has 0 aromatic heterocycles. The predicted octanol–water partition coefficient (Wildman–Crippen LogP) is 1.43. The Kier molecular flexibility index (Phi) is 3.87. The largest absolute Gasteiger partial charge is 0.507 e. The van der Waals surface area contributed by atoms with Crippen molar-refractivity contribution in [1.29, 1.82) is 0 Å². The molecule has 1 fully saturated rings. The van der Waals surface area contributed by atoms with Gasteiger partial charge in [-0.1, -0.05) is 13.0 Å². The molecule has 18 heavy (non-hydrogen) atoms. The quantitative estimate of drug-likeness (QED) is 0.742. The van der Waals surface area contributed by atoms with E-state index in [1.54, 1.807) is 12.1 Å². The van der Waals surface area contributed by atoms with Gasteiger partial charge in [-0.2, -0.15) is 0 Å². The van der Waals surface area contributed by atoms with Crippen molar-refractivity contribution in [3.05, 3.63) is 29.3 Å². The molecule has 1 aromatic rings. The third-order valence-electron chi connectivity index (χ3n) is 3.30. The summed E-state index contributed by atoms with van der Waals surface area (Å²) in [5.74, 6) is 0.411. The second-order valence-electron chi connectivity index (χ2n) is 5.19. The van der Waals surface area contributed by atoms with E-state index in [-0.39, 0.29) is 17.7 Å². The van der Waals surface area contributed by atoms with E-state index in [9.17, 15) is 9.90 Å². The molecule has 3 N–H and O–H groups in total. The molecule has 1 amide bonds. The molecule has 2 atom stereocenters. The number of carbonyl (C=O) groups is 1. The Morgan fingerprint density at radius 2 is 2.22 bits per heavy atom. The van der Waals surface area contributed by atoms with Gasteiger partial charge in [0.05, 0.1) is 5.56 Å². The molecule has 2 rings (SSSR count). The number of hydrogen-bond acceptors (Lipinski definition) is 3. The summed E-state index contributed by atoms with van der Waals surface area (Å²) >= 11 is 0. The van der Waals surface area contributed by atoms with Crippen LogP contribution in [0.15, 0.2) is 18.2 Å². The lowest BCUT2D eigenvalue weighted by molar-refractivity contribution is 0.0922. The Morgan fingerprint density at radius 1 is 1.44 bits per heavy atom. The molecule has 0 radical (unpaired) electrons. The van der Waals surface area contributed by atoms with Crippen molar-refractivity contribution >= 4 is 5.91 Å². The van der Waals surface area contributed by atoms with Gasteiger partial charge in [0.2, 0.25) is 0 Å². The number of aromatic hydroxyl groups is 1. The first kappa shape index (κ1) is 12.9. The summed E-state index contributed by atoms with van der Waals surface area (Å²) in [7, 11) is 0. The normalized spacial score (nSPS) is 23.7. The first-order valence-electron chi connectivity index (χ1n) is 6.37. The number of piperidine rings is 1. The number of benzene rings is 1. The Bertz CT molecular complexity index is 445. The smallest absolute Gasteiger partial charge is 0.255 e. The fourth-order valence-corrected chi connectivity index (χ4v) is 2.36. The van der Waals surface area contributed by atoms with Gasteiger partial charge in [-0.25, -0.2) is 0 Å². The lowest BCUT2D eigenvalue weighted by Gasteiger charge is -2.28. The minimum Gasteiger partial charge on any atom is -0.507 e. The summed E-state index contributed by atoms with van der Waals surface area (Å²) in [6, 6.07) is 5.24. The van der Waals surface area contributed by atoms with E-state index in [0.717, 1.165) is 25.1 Å². The lowest BCUT2D eigenvalue weighted by atomic mass is 9.97. The molecule has 0 bridgehead atoms. The number of amides is 1. The van der Waals surface area contributed by atoms with Crippen molar-refractivity contribution in [2.75, 3.05) is 13.1 Å². The van der Waals surface area contributed by atoms with Crippen LogP contribution < -0.4 is 10.6 Å². The molecule has 0 aliphatic carbocycles. The summed E-state index contributed by atoms with van der Waals surface area (Å²) in [5.41, 5.74) is 1.29. The average Bonchev–Trinajstić information content (AvgIpc) is 2.28. The molecule has 98 valence electrons. The first-order valence-corrected chi connectivity index (χ1v) is 6.37. The van der Waals surface area contributed by atoms with Crippen LogP contribution in [-0.4, -0.2) is 30.1 Å². The van der Waals surface area contributed by atoms with E-state index in [1.807, 2.05) is 13.0 Å². The highest BCUT2D eigenvalue weighted by atomic mass is 16.3. The minimum atomic E-state index is -0.201. The van der Waals surface area contributed by atoms with E-state index in [2.05, 4.69) is 17.6 Å². The molecule has 0 saturated carbocycles. The first-order chi connectivity index (χ1) is 8.56. The SMILES string of the molecule is Cc1ccc(C(=O)NC2CNCC(C)C2)c(O)c1. The van der Waals surface area contributed by atoms with Crippen LogP contribution in [0.5, 0.6) is 5.75 Å². The van der Waals surface area contributed by atoms with Gasteiger partial charge in [0.25, 0.3) is 5.91 Å². The molecule has 1 aromatic carbocycles. The van der Waals surface area contributed by atoms with Crippen LogP contribution in [0.4, 0.5) is 0 Å². The third kappa shape index (κ3) is 3.01. The van der Waals surface area contributed by atoms with Crippen LogP contribution >= 0.6 is 0 Å². The molecule has 1 saturated heterocycles. The van der Waals surface area contributed by atoms with E-state index in [1.165, 1.54) is 0 Å². The van der Waals surface area contributed by atoms with Crippen LogP contribution in [0.1, 0.15) is 29.3 Å². The average molecular weight is 248 g/mol. The van der Waals surface area contributed by atoms with E-state index < -0.39 is 0 Å². The van der Waals surface area contributed by atoms with Crippen molar-refractivity contribution in [3.8, 4) is 5.75 Å². The molecule has 1 aliphatic rings. The summed E-state index contributed by atoms with van der Waals surface area (Å²) in [6.45, 7) is 5.84. The molecule has 1 aliphatic heterocycles. The van der Waals surface area contributed by atoms with Crippen LogP contribution in [0, 0.1) is 12.8 Å². The van der Waals surface area contributed by atoms with E-state index in [4.69, 9.17) is 0 Å². The number of hydrogen-bond donors (Lipinski definition) is 3. The monoisotopic (exact) mass is 248 g/mol. The Morgan fingerprint density at radius 3 is 2.89 bits per heavy atom. The molecule has 1 heterocycles. The van der Waals surface area contributed by atoms with Crippen molar-refractivity contribution in [3.63, 3.8) is 0 Å². The lowest BCUT2D eigenvalue weighted by Crippen LogP contribution is -2.48. The summed E-state index contributed by atoms with van der Waals surface area (Å²) in [6.07, 6.45) is 0.978. The number of phenolic OH excluding ortho intramolecular Hbond substituents is 1. The van der Waals surface area contributed by atoms with Gasteiger partial charge in [-0.15, -0.1) is 0 Å². The highest BCUT2D eigenvalue weighted by Crippen LogP contribution is 2.19. The van der Waals surface area contributed by atoms with Gasteiger partial charge in [0, 0.05) is 12.6 Å². The van der Waals surface area contributed by atoms with Crippen molar-refractivity contribution in [2.45, 2.75) is 26.3 Å². The minimum absolute atomic E-state index is 0.0457. The molecular weight excluding hydrogens is 228 g/mol. The number of rotatable bonds is 2. The molecule has 0 spiro atoms. The maximum atomic E-state index is 12.1. The zero-order valence-corrected chi connectivity index (χ0v) is 10.9. The molecule has 2 unspecified atom stereocenters. The predicted molar refractivity (Wildman–Crippen MR) is 70.7 cm³/mol. The highest BCUT2D eigenvalue weighted by molar-refractivity contribution is 5.97. The van der Waals surface area contributed by atoms with Gasteiger partial charge in [-0.3, -0.25) is 4.79 Å². The second kappa shape index (κ2) is 5.40. The Hall–Kier alpha value is -1.55. The van der Waals surface area contributed by atoms with Crippen LogP contribution in [0.3, 0.4) is 0 Å². The van der Waals surface area contributed by atoms with Gasteiger partial charge in [0.15, 0.2) is 0 Å². The topological polar surface area (TPSA) is 61.4 Å².